The molecule has 0 aromatic rings. The summed E-state index contributed by atoms with van der Waals surface area (Å²) in [6, 6.07) is 1.52. The van der Waals surface area contributed by atoms with Crippen molar-refractivity contribution in [2.24, 2.45) is 75.1 Å². The second-order valence-corrected chi connectivity index (χ2v) is 29.3. The lowest BCUT2D eigenvalue weighted by molar-refractivity contribution is 0.177. The van der Waals surface area contributed by atoms with E-state index < -0.39 is 0 Å². The van der Waals surface area contributed by atoms with Crippen molar-refractivity contribution in [2.45, 2.75) is 357 Å². The highest BCUT2D eigenvalue weighted by atomic mass is 32.2. The van der Waals surface area contributed by atoms with Gasteiger partial charge in [0.25, 0.3) is 0 Å². The first-order valence-corrected chi connectivity index (χ1v) is 34.4. The van der Waals surface area contributed by atoms with Crippen LogP contribution in [0.2, 0.25) is 0 Å². The number of rotatable bonds is 27. The van der Waals surface area contributed by atoms with Crippen LogP contribution in [0.5, 0.6) is 0 Å². The van der Waals surface area contributed by atoms with E-state index in [9.17, 15) is 0 Å². The minimum atomic E-state index is 0. The quantitative estimate of drug-likeness (QED) is 0.0485. The zero-order valence-corrected chi connectivity index (χ0v) is 64.3. The molecule has 6 nitrogen and oxygen atoms in total. The van der Waals surface area contributed by atoms with Gasteiger partial charge in [-0.25, -0.2) is 0 Å². The molecule has 2 N–H and O–H groups in total. The number of hydrogen-bond acceptors (Lipinski definition) is 8. The molecule has 0 amide bonds. The molecule has 0 aliphatic rings. The number of nitrogens with zero attached hydrogens (tertiary/aromatic N) is 2. The van der Waals surface area contributed by atoms with Crippen molar-refractivity contribution < 1.29 is 9.47 Å². The molecular formula is C85H186N4O2S2. The van der Waals surface area contributed by atoms with Crippen LogP contribution in [0, 0.1) is 65.1 Å². The molecule has 0 fully saturated rings. The molecule has 0 unspecified atom stereocenters. The molecule has 0 saturated carbocycles. The minimum Gasteiger partial charge on any atom is -0.499 e. The van der Waals surface area contributed by atoms with Gasteiger partial charge in [0.2, 0.25) is 0 Å². The Balaban J connectivity index is -0.0000000420. The Morgan fingerprint density at radius 2 is 0.548 bits per heavy atom. The third kappa shape index (κ3) is 231. The van der Waals surface area contributed by atoms with Crippen LogP contribution >= 0.6 is 23.5 Å². The van der Waals surface area contributed by atoms with Gasteiger partial charge in [0.05, 0.1) is 24.7 Å². The van der Waals surface area contributed by atoms with E-state index in [1.165, 1.54) is 0 Å². The summed E-state index contributed by atoms with van der Waals surface area (Å²) in [5.41, 5.74) is 0. The topological polar surface area (TPSA) is 67.2 Å². The molecule has 0 spiro atoms. The summed E-state index contributed by atoms with van der Waals surface area (Å²) >= 11 is 3.76. The molecule has 0 radical (unpaired) electrons. The Morgan fingerprint density at radius 3 is 0.753 bits per heavy atom. The molecule has 0 aliphatic carbocycles. The molecule has 8 heteroatoms. The molecular weight excluding hydrogens is 1170 g/mol. The highest BCUT2D eigenvalue weighted by Gasteiger charge is 1.92. The Morgan fingerprint density at radius 1 is 0.290 bits per heavy atom. The van der Waals surface area contributed by atoms with Crippen LogP contribution < -0.4 is 10.6 Å². The SMILES string of the molecule is C.C.C.C.C.C.C.C.C.CC(C)/C=C\C=C/C(C)C.CC(C)/C=C\C=NC(C)C.CC(C)/C=C\NC(C)C.CC(C)/C=C\NC(C)C.CC(C)/C=C\OC(C)C.CC(C)/C=C\OC(C)C.CC(C)/C=C\SC(C)C.CC(C)/C=C\SC(C)C.CC(C)C=N/C=C\C(C)C. The van der Waals surface area contributed by atoms with Gasteiger partial charge in [0.15, 0.2) is 0 Å². The third-order valence-corrected chi connectivity index (χ3v) is 9.81. The molecule has 0 rings (SSSR count). The first kappa shape index (κ1) is 137. The molecule has 93 heavy (non-hydrogen) atoms. The second-order valence-electron chi connectivity index (χ2n) is 26.3. The zero-order valence-electron chi connectivity index (χ0n) is 62.6. The number of hydrogen-bond donors (Lipinski definition) is 2. The van der Waals surface area contributed by atoms with E-state index in [-0.39, 0.29) is 66.8 Å². The van der Waals surface area contributed by atoms with Crippen LogP contribution in [0.15, 0.2) is 131 Å². The van der Waals surface area contributed by atoms with Crippen molar-refractivity contribution in [3.05, 3.63) is 121 Å². The van der Waals surface area contributed by atoms with Crippen LogP contribution in [0.1, 0.15) is 316 Å². The summed E-state index contributed by atoms with van der Waals surface area (Å²) in [6.07, 6.45) is 41.6. The Hall–Kier alpha value is -3.36. The molecule has 0 aliphatic heterocycles. The lowest BCUT2D eigenvalue weighted by atomic mass is 10.2. The summed E-state index contributed by atoms with van der Waals surface area (Å²) in [4.78, 5) is 8.29. The van der Waals surface area contributed by atoms with Crippen LogP contribution in [-0.4, -0.2) is 53.3 Å². The van der Waals surface area contributed by atoms with Crippen LogP contribution in [0.25, 0.3) is 0 Å². The van der Waals surface area contributed by atoms with Crippen molar-refractivity contribution in [2.75, 3.05) is 0 Å². The van der Waals surface area contributed by atoms with E-state index in [4.69, 9.17) is 9.47 Å². The number of nitrogens with one attached hydrogen (secondary N) is 2. The summed E-state index contributed by atoms with van der Waals surface area (Å²) in [7, 11) is 0. The first-order chi connectivity index (χ1) is 38.6. The van der Waals surface area contributed by atoms with Crippen molar-refractivity contribution in [3.63, 3.8) is 0 Å². The average molecular weight is 1360 g/mol. The monoisotopic (exact) mass is 1360 g/mol. The van der Waals surface area contributed by atoms with Gasteiger partial charge >= 0.3 is 0 Å². The van der Waals surface area contributed by atoms with Gasteiger partial charge in [-0.1, -0.05) is 308 Å². The van der Waals surface area contributed by atoms with Gasteiger partial charge in [-0.15, -0.1) is 23.5 Å². The minimum absolute atomic E-state index is 0. The van der Waals surface area contributed by atoms with Crippen LogP contribution in [0.4, 0.5) is 0 Å². The van der Waals surface area contributed by atoms with E-state index in [1.54, 1.807) is 12.5 Å². The van der Waals surface area contributed by atoms with Crippen LogP contribution in [0.3, 0.4) is 0 Å². The van der Waals surface area contributed by atoms with E-state index in [2.05, 4.69) is 314 Å². The lowest BCUT2D eigenvalue weighted by Gasteiger charge is -2.03. The average Bonchev–Trinajstić information content (AvgIpc) is 3.31. The summed E-state index contributed by atoms with van der Waals surface area (Å²) in [5, 5.41) is 12.2. The largest absolute Gasteiger partial charge is 0.499 e. The smallest absolute Gasteiger partial charge is 0.0922 e. The first-order valence-electron chi connectivity index (χ1n) is 32.5. The van der Waals surface area contributed by atoms with E-state index in [0.717, 1.165) is 10.5 Å². The van der Waals surface area contributed by atoms with Gasteiger partial charge < -0.3 is 20.1 Å². The maximum Gasteiger partial charge on any atom is 0.0922 e. The number of thioether (sulfide) groups is 2. The highest BCUT2D eigenvalue weighted by molar-refractivity contribution is 8.02. The molecule has 0 aromatic heterocycles. The summed E-state index contributed by atoms with van der Waals surface area (Å²) in [5.74, 6) is 6.96. The third-order valence-electron chi connectivity index (χ3n) is 8.09. The Labute approximate surface area is 605 Å². The lowest BCUT2D eigenvalue weighted by Crippen LogP contribution is -2.15. The van der Waals surface area contributed by atoms with E-state index >= 15 is 0 Å². The predicted octanol–water partition coefficient (Wildman–Crippen LogP) is 30.8. The maximum absolute atomic E-state index is 5.17. The number of ether oxygens (including phenoxy) is 2. The van der Waals surface area contributed by atoms with Crippen molar-refractivity contribution in [3.8, 4) is 0 Å². The Kier molecular flexibility index (Phi) is 154. The van der Waals surface area contributed by atoms with Crippen LogP contribution in [-0.2, 0) is 9.47 Å². The fourth-order valence-corrected chi connectivity index (χ4v) is 5.27. The molecule has 0 saturated heterocycles. The summed E-state index contributed by atoms with van der Waals surface area (Å²) in [6.45, 7) is 77.0. The molecule has 0 atom stereocenters. The standard InChI is InChI=1S/C10H18.2C9H17N.2C8H17N.2C8H16O.2C8H16S.9CH4/c1-9(2)7-5-6-8-10(3)4;1-8(2)5-6-10-7-9(3)4;1-8(2)6-5-7-10-9(3)4;6*1-7(2)5-6-9-8(3)4;;;;;;;;;/h5-10H,1-4H3;2*5-9H,1-4H3;2*5-9H,1-4H3;4*5-8H,1-4H3;9*1H4/b7-5-,8-6-;2*6-5-,10-7?;6*6-5-;;;;;;;;;. The molecule has 0 bridgehead atoms. The molecule has 0 aromatic carbocycles. The van der Waals surface area contributed by atoms with Gasteiger partial charge in [0.1, 0.15) is 0 Å². The molecule has 570 valence electrons. The number of aliphatic imine (C=N–C) groups is 2. The Bertz CT molecular complexity index is 1310. The fraction of sp³-hybridized carbons (Fsp3) is 0.741. The predicted molar refractivity (Wildman–Crippen MR) is 462 cm³/mol. The van der Waals surface area contributed by atoms with Crippen molar-refractivity contribution in [1.82, 2.24) is 10.6 Å². The summed E-state index contributed by atoms with van der Waals surface area (Å²) < 4.78 is 10.3. The molecule has 0 heterocycles. The van der Waals surface area contributed by atoms with E-state index in [0.29, 0.717) is 95.4 Å². The zero-order chi connectivity index (χ0) is 67.6. The second kappa shape index (κ2) is 105. The van der Waals surface area contributed by atoms with E-state index in [1.807, 2.05) is 100 Å². The van der Waals surface area contributed by atoms with Crippen molar-refractivity contribution >= 4 is 36.0 Å². The maximum atomic E-state index is 5.17. The van der Waals surface area contributed by atoms with Gasteiger partial charge in [0, 0.05) is 47.3 Å². The van der Waals surface area contributed by atoms with Crippen molar-refractivity contribution in [1.29, 1.82) is 0 Å². The van der Waals surface area contributed by atoms with Gasteiger partial charge in [-0.3, -0.25) is 9.98 Å². The normalized spacial score (nSPS) is 11.1. The van der Waals surface area contributed by atoms with Gasteiger partial charge in [-0.05, 0) is 176 Å². The highest BCUT2D eigenvalue weighted by Crippen LogP contribution is 2.12. The fourth-order valence-electron chi connectivity index (χ4n) is 3.83. The van der Waals surface area contributed by atoms with Gasteiger partial charge in [-0.2, -0.15) is 0 Å². The number of allylic oxidation sites excluding steroid dienone is 13.